The molecule has 3 heteroatoms. The topological polar surface area (TPSA) is 53.1 Å². The molecule has 1 aliphatic heterocycles. The summed E-state index contributed by atoms with van der Waals surface area (Å²) in [6.45, 7) is 2.01. The molecular weight excluding hydrogens is 186 g/mol. The van der Waals surface area contributed by atoms with Gasteiger partial charge in [0.1, 0.15) is 5.54 Å². The molecule has 2 N–H and O–H groups in total. The largest absolute Gasteiger partial charge is 0.312 e. The molecule has 2 saturated carbocycles. The van der Waals surface area contributed by atoms with Gasteiger partial charge in [-0.1, -0.05) is 0 Å². The van der Waals surface area contributed by atoms with E-state index in [1.54, 1.807) is 0 Å². The third-order valence-electron chi connectivity index (χ3n) is 4.50. The maximum atomic E-state index is 9.22. The summed E-state index contributed by atoms with van der Waals surface area (Å²) in [6.07, 6.45) is 6.40. The molecule has 3 atom stereocenters. The molecule has 0 spiro atoms. The van der Waals surface area contributed by atoms with Crippen molar-refractivity contribution in [1.82, 2.24) is 4.90 Å². The fraction of sp³-hybridized carbons (Fsp3) is 0.917. The van der Waals surface area contributed by atoms with Crippen molar-refractivity contribution in [2.24, 2.45) is 17.6 Å². The molecule has 3 aliphatic rings. The third kappa shape index (κ3) is 1.56. The van der Waals surface area contributed by atoms with Gasteiger partial charge in [0, 0.05) is 19.1 Å². The summed E-state index contributed by atoms with van der Waals surface area (Å²) < 4.78 is 0. The normalized spacial score (nSPS) is 38.9. The van der Waals surface area contributed by atoms with Crippen LogP contribution >= 0.6 is 0 Å². The van der Waals surface area contributed by atoms with Gasteiger partial charge in [0.15, 0.2) is 0 Å². The number of piperidine rings is 1. The van der Waals surface area contributed by atoms with E-state index >= 15 is 0 Å². The van der Waals surface area contributed by atoms with Crippen LogP contribution in [0.3, 0.4) is 0 Å². The van der Waals surface area contributed by atoms with Crippen molar-refractivity contribution in [3.8, 4) is 6.07 Å². The van der Waals surface area contributed by atoms with Crippen LogP contribution in [0.1, 0.15) is 32.1 Å². The molecule has 0 amide bonds. The minimum atomic E-state index is -0.551. The summed E-state index contributed by atoms with van der Waals surface area (Å²) >= 11 is 0. The number of nitrogens with zero attached hydrogens (tertiary/aromatic N) is 2. The van der Waals surface area contributed by atoms with Gasteiger partial charge in [-0.25, -0.2) is 0 Å². The Kier molecular flexibility index (Phi) is 2.05. The SMILES string of the molecule is N#CC(N)(CN1CC2CCC1C2)C1CC1. The van der Waals surface area contributed by atoms with Gasteiger partial charge in [0.2, 0.25) is 0 Å². The Morgan fingerprint density at radius 2 is 2.13 bits per heavy atom. The van der Waals surface area contributed by atoms with Gasteiger partial charge in [0.25, 0.3) is 0 Å². The number of fused-ring (bicyclic) bond motifs is 2. The number of nitriles is 1. The quantitative estimate of drug-likeness (QED) is 0.750. The smallest absolute Gasteiger partial charge is 0.119 e. The van der Waals surface area contributed by atoms with E-state index in [0.29, 0.717) is 5.92 Å². The van der Waals surface area contributed by atoms with Crippen LogP contribution in [0.25, 0.3) is 0 Å². The molecule has 2 bridgehead atoms. The highest BCUT2D eigenvalue weighted by molar-refractivity contribution is 5.15. The predicted molar refractivity (Wildman–Crippen MR) is 58.0 cm³/mol. The van der Waals surface area contributed by atoms with E-state index < -0.39 is 5.54 Å². The van der Waals surface area contributed by atoms with E-state index in [4.69, 9.17) is 5.73 Å². The summed E-state index contributed by atoms with van der Waals surface area (Å²) in [4.78, 5) is 2.48. The van der Waals surface area contributed by atoms with Gasteiger partial charge < -0.3 is 5.73 Å². The van der Waals surface area contributed by atoms with Crippen LogP contribution in [0, 0.1) is 23.2 Å². The van der Waals surface area contributed by atoms with Crippen molar-refractivity contribution >= 4 is 0 Å². The van der Waals surface area contributed by atoms with Crippen LogP contribution in [-0.4, -0.2) is 29.6 Å². The third-order valence-corrected chi connectivity index (χ3v) is 4.50. The lowest BCUT2D eigenvalue weighted by atomic mass is 9.95. The summed E-state index contributed by atoms with van der Waals surface area (Å²) in [5, 5.41) is 9.22. The monoisotopic (exact) mass is 205 g/mol. The number of hydrogen-bond donors (Lipinski definition) is 1. The van der Waals surface area contributed by atoms with Crippen LogP contribution in [0.15, 0.2) is 0 Å². The van der Waals surface area contributed by atoms with Crippen LogP contribution in [0.2, 0.25) is 0 Å². The lowest BCUT2D eigenvalue weighted by molar-refractivity contribution is 0.176. The van der Waals surface area contributed by atoms with Gasteiger partial charge in [-0.2, -0.15) is 5.26 Å². The zero-order valence-corrected chi connectivity index (χ0v) is 9.15. The zero-order chi connectivity index (χ0) is 10.5. The molecule has 82 valence electrons. The van der Waals surface area contributed by atoms with Gasteiger partial charge >= 0.3 is 0 Å². The number of hydrogen-bond acceptors (Lipinski definition) is 3. The predicted octanol–water partition coefficient (Wildman–Crippen LogP) is 1.10. The summed E-state index contributed by atoms with van der Waals surface area (Å²) in [5.74, 6) is 1.37. The van der Waals surface area contributed by atoms with Crippen molar-refractivity contribution in [2.45, 2.75) is 43.7 Å². The Bertz CT molecular complexity index is 304. The highest BCUT2D eigenvalue weighted by Gasteiger charge is 2.47. The molecular formula is C12H19N3. The van der Waals surface area contributed by atoms with E-state index in [-0.39, 0.29) is 0 Å². The molecule has 1 heterocycles. The summed E-state index contributed by atoms with van der Waals surface area (Å²) in [6, 6.07) is 3.10. The summed E-state index contributed by atoms with van der Waals surface area (Å²) in [5.41, 5.74) is 5.66. The fourth-order valence-electron chi connectivity index (χ4n) is 3.41. The van der Waals surface area contributed by atoms with Crippen molar-refractivity contribution < 1.29 is 0 Å². The van der Waals surface area contributed by atoms with Crippen LogP contribution in [0.5, 0.6) is 0 Å². The molecule has 0 aromatic heterocycles. The minimum Gasteiger partial charge on any atom is -0.312 e. The highest BCUT2D eigenvalue weighted by Crippen LogP contribution is 2.42. The van der Waals surface area contributed by atoms with Crippen molar-refractivity contribution in [3.63, 3.8) is 0 Å². The molecule has 1 saturated heterocycles. The lowest BCUT2D eigenvalue weighted by Crippen LogP contribution is -2.52. The standard InChI is InChI=1S/C12H19N3/c13-7-12(14,10-2-3-10)8-15-6-9-1-4-11(15)5-9/h9-11H,1-6,8,14H2. The average Bonchev–Trinajstić information content (AvgIpc) is 2.92. The van der Waals surface area contributed by atoms with E-state index in [1.165, 1.54) is 25.8 Å². The Morgan fingerprint density at radius 3 is 2.60 bits per heavy atom. The molecule has 3 fully saturated rings. The van der Waals surface area contributed by atoms with Gasteiger partial charge in [-0.15, -0.1) is 0 Å². The minimum absolute atomic E-state index is 0.474. The van der Waals surface area contributed by atoms with E-state index in [9.17, 15) is 5.26 Å². The second-order valence-corrected chi connectivity index (χ2v) is 5.69. The Hall–Kier alpha value is -0.590. The Morgan fingerprint density at radius 1 is 1.33 bits per heavy atom. The first-order valence-electron chi connectivity index (χ1n) is 6.15. The second kappa shape index (κ2) is 3.20. The van der Waals surface area contributed by atoms with Crippen LogP contribution in [-0.2, 0) is 0 Å². The van der Waals surface area contributed by atoms with E-state index in [0.717, 1.165) is 31.3 Å². The molecule has 0 aromatic rings. The first kappa shape index (κ1) is 9.62. The molecule has 3 rings (SSSR count). The van der Waals surface area contributed by atoms with Crippen molar-refractivity contribution in [2.75, 3.05) is 13.1 Å². The number of rotatable bonds is 3. The lowest BCUT2D eigenvalue weighted by Gasteiger charge is -2.33. The molecule has 0 radical (unpaired) electrons. The second-order valence-electron chi connectivity index (χ2n) is 5.69. The maximum Gasteiger partial charge on any atom is 0.119 e. The summed E-state index contributed by atoms with van der Waals surface area (Å²) in [7, 11) is 0. The molecule has 3 unspecified atom stereocenters. The molecule has 0 aromatic carbocycles. The molecule has 15 heavy (non-hydrogen) atoms. The van der Waals surface area contributed by atoms with Gasteiger partial charge in [-0.05, 0) is 43.9 Å². The Labute approximate surface area is 91.2 Å². The van der Waals surface area contributed by atoms with Crippen LogP contribution in [0.4, 0.5) is 0 Å². The fourth-order valence-corrected chi connectivity index (χ4v) is 3.41. The Balaban J connectivity index is 1.67. The highest BCUT2D eigenvalue weighted by atomic mass is 15.2. The number of likely N-dealkylation sites (tertiary alicyclic amines) is 1. The first-order chi connectivity index (χ1) is 7.21. The van der Waals surface area contributed by atoms with Crippen LogP contribution < -0.4 is 5.73 Å². The van der Waals surface area contributed by atoms with Gasteiger partial charge in [0.05, 0.1) is 6.07 Å². The molecule has 3 nitrogen and oxygen atoms in total. The van der Waals surface area contributed by atoms with E-state index in [2.05, 4.69) is 11.0 Å². The van der Waals surface area contributed by atoms with Gasteiger partial charge in [-0.3, -0.25) is 4.90 Å². The van der Waals surface area contributed by atoms with Crippen molar-refractivity contribution in [3.05, 3.63) is 0 Å². The average molecular weight is 205 g/mol. The zero-order valence-electron chi connectivity index (χ0n) is 9.15. The van der Waals surface area contributed by atoms with Crippen molar-refractivity contribution in [1.29, 1.82) is 5.26 Å². The molecule has 2 aliphatic carbocycles. The first-order valence-corrected chi connectivity index (χ1v) is 6.15. The van der Waals surface area contributed by atoms with E-state index in [1.807, 2.05) is 0 Å². The number of nitrogens with two attached hydrogens (primary N) is 1. The maximum absolute atomic E-state index is 9.22.